The van der Waals surface area contributed by atoms with Crippen molar-refractivity contribution in [3.05, 3.63) is 42.5 Å². The highest BCUT2D eigenvalue weighted by atomic mass is 32.2. The fourth-order valence-corrected chi connectivity index (χ4v) is 2.96. The SMILES string of the molecule is CCC(N)C(Sc1ccncc1)c1cnn(C)c1. The van der Waals surface area contributed by atoms with E-state index < -0.39 is 0 Å². The summed E-state index contributed by atoms with van der Waals surface area (Å²) >= 11 is 1.77. The lowest BCUT2D eigenvalue weighted by molar-refractivity contribution is 0.633. The molecule has 2 aromatic heterocycles. The highest BCUT2D eigenvalue weighted by Crippen LogP contribution is 2.37. The van der Waals surface area contributed by atoms with Gasteiger partial charge < -0.3 is 5.73 Å². The topological polar surface area (TPSA) is 56.7 Å². The van der Waals surface area contributed by atoms with Gasteiger partial charge in [0.25, 0.3) is 0 Å². The molecule has 18 heavy (non-hydrogen) atoms. The van der Waals surface area contributed by atoms with Gasteiger partial charge in [0.05, 0.1) is 11.4 Å². The molecular formula is C13H18N4S. The first-order valence-electron chi connectivity index (χ1n) is 6.01. The van der Waals surface area contributed by atoms with E-state index in [0.29, 0.717) is 0 Å². The van der Waals surface area contributed by atoms with E-state index in [4.69, 9.17) is 5.73 Å². The minimum absolute atomic E-state index is 0.118. The second-order valence-corrected chi connectivity index (χ2v) is 5.46. The van der Waals surface area contributed by atoms with E-state index in [1.807, 2.05) is 36.3 Å². The fraction of sp³-hybridized carbons (Fsp3) is 0.385. The van der Waals surface area contributed by atoms with Gasteiger partial charge in [-0.2, -0.15) is 5.10 Å². The molecule has 0 aliphatic rings. The molecule has 2 atom stereocenters. The highest BCUT2D eigenvalue weighted by molar-refractivity contribution is 7.99. The molecule has 0 bridgehead atoms. The lowest BCUT2D eigenvalue weighted by Crippen LogP contribution is -2.25. The number of rotatable bonds is 5. The Hall–Kier alpha value is -1.33. The van der Waals surface area contributed by atoms with Crippen molar-refractivity contribution in [2.24, 2.45) is 12.8 Å². The number of nitrogens with two attached hydrogens (primary N) is 1. The molecule has 2 heterocycles. The quantitative estimate of drug-likeness (QED) is 0.841. The van der Waals surface area contributed by atoms with Crippen molar-refractivity contribution >= 4 is 11.8 Å². The Bertz CT molecular complexity index is 483. The summed E-state index contributed by atoms with van der Waals surface area (Å²) in [6, 6.07) is 4.14. The zero-order valence-corrected chi connectivity index (χ0v) is 11.5. The minimum atomic E-state index is 0.118. The second-order valence-electron chi connectivity index (χ2n) is 4.24. The van der Waals surface area contributed by atoms with Crippen LogP contribution in [0.3, 0.4) is 0 Å². The predicted molar refractivity (Wildman–Crippen MR) is 74.3 cm³/mol. The summed E-state index contributed by atoms with van der Waals surface area (Å²) in [5, 5.41) is 4.46. The average Bonchev–Trinajstić information content (AvgIpc) is 2.83. The van der Waals surface area contributed by atoms with E-state index in [0.717, 1.165) is 6.42 Å². The molecule has 2 aromatic rings. The van der Waals surface area contributed by atoms with E-state index in [2.05, 4.69) is 17.0 Å². The molecule has 0 aliphatic heterocycles. The summed E-state index contributed by atoms with van der Waals surface area (Å²) in [5.41, 5.74) is 7.41. The largest absolute Gasteiger partial charge is 0.326 e. The molecular weight excluding hydrogens is 244 g/mol. The molecule has 2 N–H and O–H groups in total. The van der Waals surface area contributed by atoms with Crippen molar-refractivity contribution in [3.8, 4) is 0 Å². The van der Waals surface area contributed by atoms with E-state index >= 15 is 0 Å². The van der Waals surface area contributed by atoms with Crippen LogP contribution in [0.5, 0.6) is 0 Å². The van der Waals surface area contributed by atoms with Crippen molar-refractivity contribution in [2.75, 3.05) is 0 Å². The molecule has 0 fully saturated rings. The maximum atomic E-state index is 6.23. The Morgan fingerprint density at radius 2 is 2.11 bits per heavy atom. The van der Waals surface area contributed by atoms with Crippen LogP contribution in [0, 0.1) is 0 Å². The molecule has 0 radical (unpaired) electrons. The van der Waals surface area contributed by atoms with Crippen LogP contribution >= 0.6 is 11.8 Å². The number of nitrogens with zero attached hydrogens (tertiary/aromatic N) is 3. The molecule has 0 spiro atoms. The van der Waals surface area contributed by atoms with Crippen molar-refractivity contribution in [1.29, 1.82) is 0 Å². The van der Waals surface area contributed by atoms with E-state index in [1.54, 1.807) is 24.2 Å². The van der Waals surface area contributed by atoms with Gasteiger partial charge in [0.15, 0.2) is 0 Å². The van der Waals surface area contributed by atoms with E-state index in [1.165, 1.54) is 10.5 Å². The Kier molecular flexibility index (Phi) is 4.38. The van der Waals surface area contributed by atoms with Gasteiger partial charge >= 0.3 is 0 Å². The molecule has 0 aromatic carbocycles. The Balaban J connectivity index is 2.21. The Morgan fingerprint density at radius 1 is 1.39 bits per heavy atom. The van der Waals surface area contributed by atoms with Crippen molar-refractivity contribution in [3.63, 3.8) is 0 Å². The average molecular weight is 262 g/mol. The van der Waals surface area contributed by atoms with Crippen molar-refractivity contribution < 1.29 is 0 Å². The second kappa shape index (κ2) is 6.02. The third-order valence-corrected chi connectivity index (χ3v) is 4.25. The van der Waals surface area contributed by atoms with Gasteiger partial charge in [-0.3, -0.25) is 9.67 Å². The molecule has 96 valence electrons. The normalized spacial score (nSPS) is 14.4. The fourth-order valence-electron chi connectivity index (χ4n) is 1.77. The Labute approximate surface area is 112 Å². The number of aromatic nitrogens is 3. The maximum absolute atomic E-state index is 6.23. The van der Waals surface area contributed by atoms with Gasteiger partial charge in [-0.25, -0.2) is 0 Å². The maximum Gasteiger partial charge on any atom is 0.0533 e. The van der Waals surface area contributed by atoms with Gasteiger partial charge in [-0.05, 0) is 18.6 Å². The monoisotopic (exact) mass is 262 g/mol. The summed E-state index contributed by atoms with van der Waals surface area (Å²) in [5.74, 6) is 0. The summed E-state index contributed by atoms with van der Waals surface area (Å²) in [6.07, 6.45) is 8.49. The van der Waals surface area contributed by atoms with Crippen LogP contribution in [0.2, 0.25) is 0 Å². The summed E-state index contributed by atoms with van der Waals surface area (Å²) in [6.45, 7) is 2.11. The lowest BCUT2D eigenvalue weighted by Gasteiger charge is -2.21. The van der Waals surface area contributed by atoms with Crippen LogP contribution in [0.1, 0.15) is 24.2 Å². The molecule has 0 amide bonds. The first-order chi connectivity index (χ1) is 8.70. The van der Waals surface area contributed by atoms with E-state index in [9.17, 15) is 0 Å². The number of aryl methyl sites for hydroxylation is 1. The van der Waals surface area contributed by atoms with Gasteiger partial charge in [0.1, 0.15) is 0 Å². The minimum Gasteiger partial charge on any atom is -0.326 e. The first-order valence-corrected chi connectivity index (χ1v) is 6.89. The first kappa shape index (κ1) is 13.1. The van der Waals surface area contributed by atoms with Gasteiger partial charge in [0, 0.05) is 42.1 Å². The van der Waals surface area contributed by atoms with Gasteiger partial charge in [-0.1, -0.05) is 6.92 Å². The van der Waals surface area contributed by atoms with Crippen LogP contribution < -0.4 is 5.73 Å². The molecule has 0 saturated carbocycles. The molecule has 4 nitrogen and oxygen atoms in total. The Morgan fingerprint density at radius 3 is 2.67 bits per heavy atom. The molecule has 2 rings (SSSR count). The van der Waals surface area contributed by atoms with Crippen LogP contribution in [0.15, 0.2) is 41.8 Å². The molecule has 0 aliphatic carbocycles. The van der Waals surface area contributed by atoms with E-state index in [-0.39, 0.29) is 11.3 Å². The van der Waals surface area contributed by atoms with Gasteiger partial charge in [-0.15, -0.1) is 11.8 Å². The zero-order valence-electron chi connectivity index (χ0n) is 10.7. The molecule has 0 saturated heterocycles. The number of pyridine rings is 1. The summed E-state index contributed by atoms with van der Waals surface area (Å²) in [4.78, 5) is 5.22. The van der Waals surface area contributed by atoms with Crippen LogP contribution in [-0.2, 0) is 7.05 Å². The van der Waals surface area contributed by atoms with Crippen molar-refractivity contribution in [2.45, 2.75) is 29.5 Å². The third kappa shape index (κ3) is 3.11. The van der Waals surface area contributed by atoms with Crippen LogP contribution in [0.4, 0.5) is 0 Å². The lowest BCUT2D eigenvalue weighted by atomic mass is 10.1. The standard InChI is InChI=1S/C13H18N4S/c1-3-12(14)13(10-8-16-17(2)9-10)18-11-4-6-15-7-5-11/h4-9,12-13H,3,14H2,1-2H3. The number of thioether (sulfide) groups is 1. The predicted octanol–water partition coefficient (Wildman–Crippen LogP) is 2.39. The third-order valence-electron chi connectivity index (χ3n) is 2.83. The number of hydrogen-bond donors (Lipinski definition) is 1. The summed E-state index contributed by atoms with van der Waals surface area (Å²) < 4.78 is 1.82. The van der Waals surface area contributed by atoms with Gasteiger partial charge in [0.2, 0.25) is 0 Å². The summed E-state index contributed by atoms with van der Waals surface area (Å²) in [7, 11) is 1.93. The smallest absolute Gasteiger partial charge is 0.0533 e. The highest BCUT2D eigenvalue weighted by Gasteiger charge is 2.21. The van der Waals surface area contributed by atoms with Crippen LogP contribution in [-0.4, -0.2) is 20.8 Å². The van der Waals surface area contributed by atoms with Crippen molar-refractivity contribution in [1.82, 2.24) is 14.8 Å². The molecule has 2 unspecified atom stereocenters. The zero-order chi connectivity index (χ0) is 13.0. The molecule has 5 heteroatoms. The number of hydrogen-bond acceptors (Lipinski definition) is 4. The van der Waals surface area contributed by atoms with Crippen LogP contribution in [0.25, 0.3) is 0 Å².